The Morgan fingerprint density at radius 2 is 1.89 bits per heavy atom. The normalized spacial score (nSPS) is 16.1. The number of rotatable bonds is 3. The van der Waals surface area contributed by atoms with Crippen LogP contribution in [-0.2, 0) is 0 Å². The minimum Gasteiger partial charge on any atom is -0.339 e. The van der Waals surface area contributed by atoms with Crippen LogP contribution in [0.15, 0.2) is 34.8 Å². The number of benzene rings is 1. The van der Waals surface area contributed by atoms with Crippen molar-refractivity contribution >= 4 is 27.4 Å². The lowest BCUT2D eigenvalue weighted by molar-refractivity contribution is 0.693. The van der Waals surface area contributed by atoms with Crippen molar-refractivity contribution in [1.29, 1.82) is 0 Å². The predicted molar refractivity (Wildman–Crippen MR) is 77.2 cm³/mol. The molecule has 1 aromatic heterocycles. The van der Waals surface area contributed by atoms with E-state index >= 15 is 0 Å². The highest BCUT2D eigenvalue weighted by atomic mass is 79.9. The zero-order valence-corrected chi connectivity index (χ0v) is 11.7. The topological polar surface area (TPSA) is 40.7 Å². The van der Waals surface area contributed by atoms with Gasteiger partial charge >= 0.3 is 0 Å². The van der Waals surface area contributed by atoms with E-state index in [-0.39, 0.29) is 0 Å². The number of hydrogen-bond acceptors (Lipinski definition) is 2. The summed E-state index contributed by atoms with van der Waals surface area (Å²) in [7, 11) is 0. The first-order valence-electron chi connectivity index (χ1n) is 6.39. The number of aromatic nitrogens is 2. The molecule has 0 amide bonds. The third-order valence-electron chi connectivity index (χ3n) is 3.51. The van der Waals surface area contributed by atoms with E-state index in [9.17, 15) is 0 Å². The molecule has 94 valence electrons. The standard InChI is InChI=1S/C14H16BrN3/c15-11-5-7-12(8-6-11)16-14-9-13(17-18-14)10-3-1-2-4-10/h5-10H,1-4H2,(H2,16,17,18). The van der Waals surface area contributed by atoms with Gasteiger partial charge in [-0.05, 0) is 37.1 Å². The van der Waals surface area contributed by atoms with Gasteiger partial charge in [-0.2, -0.15) is 5.10 Å². The molecule has 0 aliphatic heterocycles. The molecule has 0 radical (unpaired) electrons. The number of hydrogen-bond donors (Lipinski definition) is 2. The van der Waals surface area contributed by atoms with Crippen LogP contribution in [0.25, 0.3) is 0 Å². The molecule has 0 bridgehead atoms. The Bertz CT molecular complexity index is 512. The van der Waals surface area contributed by atoms with Crippen LogP contribution in [0.5, 0.6) is 0 Å². The SMILES string of the molecule is Brc1ccc(Nc2cc(C3CCCC3)[nH]n2)cc1. The fourth-order valence-electron chi connectivity index (χ4n) is 2.53. The van der Waals surface area contributed by atoms with E-state index in [1.165, 1.54) is 31.4 Å². The lowest BCUT2D eigenvalue weighted by Gasteiger charge is -2.04. The maximum Gasteiger partial charge on any atom is 0.152 e. The zero-order valence-electron chi connectivity index (χ0n) is 10.1. The molecule has 3 nitrogen and oxygen atoms in total. The van der Waals surface area contributed by atoms with E-state index in [1.54, 1.807) is 0 Å². The summed E-state index contributed by atoms with van der Waals surface area (Å²) in [6.07, 6.45) is 5.28. The Kier molecular flexibility index (Phi) is 3.37. The van der Waals surface area contributed by atoms with Gasteiger partial charge in [-0.3, -0.25) is 5.10 Å². The number of aromatic amines is 1. The smallest absolute Gasteiger partial charge is 0.152 e. The first-order chi connectivity index (χ1) is 8.81. The molecule has 18 heavy (non-hydrogen) atoms. The average Bonchev–Trinajstić information content (AvgIpc) is 3.02. The maximum atomic E-state index is 4.33. The number of halogens is 1. The molecule has 3 rings (SSSR count). The molecular weight excluding hydrogens is 290 g/mol. The second-order valence-electron chi connectivity index (χ2n) is 4.82. The highest BCUT2D eigenvalue weighted by Crippen LogP contribution is 2.34. The van der Waals surface area contributed by atoms with E-state index < -0.39 is 0 Å². The van der Waals surface area contributed by atoms with Gasteiger partial charge in [0.1, 0.15) is 0 Å². The third-order valence-corrected chi connectivity index (χ3v) is 4.04. The quantitative estimate of drug-likeness (QED) is 0.872. The second kappa shape index (κ2) is 5.14. The summed E-state index contributed by atoms with van der Waals surface area (Å²) >= 11 is 3.43. The summed E-state index contributed by atoms with van der Waals surface area (Å²) in [5.74, 6) is 1.58. The molecule has 4 heteroatoms. The molecule has 1 aliphatic rings. The summed E-state index contributed by atoms with van der Waals surface area (Å²) < 4.78 is 1.08. The van der Waals surface area contributed by atoms with Crippen LogP contribution in [-0.4, -0.2) is 10.2 Å². The molecular formula is C14H16BrN3. The maximum absolute atomic E-state index is 4.33. The first kappa shape index (κ1) is 11.8. The highest BCUT2D eigenvalue weighted by molar-refractivity contribution is 9.10. The minimum atomic E-state index is 0.679. The first-order valence-corrected chi connectivity index (χ1v) is 7.18. The summed E-state index contributed by atoms with van der Waals surface area (Å²) in [4.78, 5) is 0. The summed E-state index contributed by atoms with van der Waals surface area (Å²) in [5.41, 5.74) is 2.33. The van der Waals surface area contributed by atoms with Crippen molar-refractivity contribution in [2.45, 2.75) is 31.6 Å². The molecule has 1 fully saturated rings. The Balaban J connectivity index is 1.71. The molecule has 0 unspecified atom stereocenters. The van der Waals surface area contributed by atoms with Gasteiger partial charge in [0, 0.05) is 27.8 Å². The van der Waals surface area contributed by atoms with Crippen molar-refractivity contribution < 1.29 is 0 Å². The molecule has 0 spiro atoms. The van der Waals surface area contributed by atoms with Crippen LogP contribution in [0.1, 0.15) is 37.3 Å². The predicted octanol–water partition coefficient (Wildman–Crippen LogP) is 4.57. The minimum absolute atomic E-state index is 0.679. The number of nitrogens with one attached hydrogen (secondary N) is 2. The monoisotopic (exact) mass is 305 g/mol. The molecule has 2 N–H and O–H groups in total. The van der Waals surface area contributed by atoms with Crippen LogP contribution in [0.3, 0.4) is 0 Å². The Morgan fingerprint density at radius 1 is 1.17 bits per heavy atom. The van der Waals surface area contributed by atoms with Crippen molar-refractivity contribution in [3.8, 4) is 0 Å². The lowest BCUT2D eigenvalue weighted by atomic mass is 10.0. The van der Waals surface area contributed by atoms with Gasteiger partial charge in [0.25, 0.3) is 0 Å². The van der Waals surface area contributed by atoms with E-state index in [0.717, 1.165) is 16.0 Å². The molecule has 1 aromatic carbocycles. The largest absolute Gasteiger partial charge is 0.339 e. The number of anilines is 2. The lowest BCUT2D eigenvalue weighted by Crippen LogP contribution is -1.91. The van der Waals surface area contributed by atoms with Crippen LogP contribution >= 0.6 is 15.9 Å². The van der Waals surface area contributed by atoms with E-state index in [0.29, 0.717) is 5.92 Å². The highest BCUT2D eigenvalue weighted by Gasteiger charge is 2.19. The fraction of sp³-hybridized carbons (Fsp3) is 0.357. The fourth-order valence-corrected chi connectivity index (χ4v) is 2.79. The summed E-state index contributed by atoms with van der Waals surface area (Å²) in [6.45, 7) is 0. The van der Waals surface area contributed by atoms with Crippen LogP contribution in [0.4, 0.5) is 11.5 Å². The van der Waals surface area contributed by atoms with Gasteiger partial charge in [-0.1, -0.05) is 28.8 Å². The Hall–Kier alpha value is -1.29. The zero-order chi connectivity index (χ0) is 12.4. The van der Waals surface area contributed by atoms with Crippen LogP contribution in [0.2, 0.25) is 0 Å². The summed E-state index contributed by atoms with van der Waals surface area (Å²) in [5, 5.41) is 10.8. The van der Waals surface area contributed by atoms with Gasteiger partial charge in [-0.15, -0.1) is 0 Å². The Labute approximate surface area is 115 Å². The van der Waals surface area contributed by atoms with Gasteiger partial charge in [0.2, 0.25) is 0 Å². The third kappa shape index (κ3) is 2.58. The average molecular weight is 306 g/mol. The molecule has 0 saturated heterocycles. The molecule has 1 heterocycles. The van der Waals surface area contributed by atoms with E-state index in [1.807, 2.05) is 24.3 Å². The second-order valence-corrected chi connectivity index (χ2v) is 5.74. The van der Waals surface area contributed by atoms with Gasteiger partial charge < -0.3 is 5.32 Å². The van der Waals surface area contributed by atoms with E-state index in [2.05, 4.69) is 37.5 Å². The van der Waals surface area contributed by atoms with Gasteiger partial charge in [0.15, 0.2) is 5.82 Å². The Morgan fingerprint density at radius 3 is 2.61 bits per heavy atom. The molecule has 1 saturated carbocycles. The van der Waals surface area contributed by atoms with Crippen molar-refractivity contribution in [1.82, 2.24) is 10.2 Å². The van der Waals surface area contributed by atoms with Gasteiger partial charge in [0.05, 0.1) is 0 Å². The molecule has 0 atom stereocenters. The van der Waals surface area contributed by atoms with Crippen molar-refractivity contribution in [3.63, 3.8) is 0 Å². The van der Waals surface area contributed by atoms with Crippen molar-refractivity contribution in [2.75, 3.05) is 5.32 Å². The molecule has 1 aliphatic carbocycles. The summed E-state index contributed by atoms with van der Waals surface area (Å²) in [6, 6.07) is 10.2. The number of nitrogens with zero attached hydrogens (tertiary/aromatic N) is 1. The number of H-pyrrole nitrogens is 1. The van der Waals surface area contributed by atoms with Crippen molar-refractivity contribution in [3.05, 3.63) is 40.5 Å². The molecule has 2 aromatic rings. The van der Waals surface area contributed by atoms with Crippen molar-refractivity contribution in [2.24, 2.45) is 0 Å². The van der Waals surface area contributed by atoms with Crippen LogP contribution in [0, 0.1) is 0 Å². The van der Waals surface area contributed by atoms with Crippen LogP contribution < -0.4 is 5.32 Å². The van der Waals surface area contributed by atoms with Gasteiger partial charge in [-0.25, -0.2) is 0 Å². The van der Waals surface area contributed by atoms with E-state index in [4.69, 9.17) is 0 Å².